The van der Waals surface area contributed by atoms with Crippen molar-refractivity contribution in [2.45, 2.75) is 23.1 Å². The standard InChI is InChI=1S/C19H15N3O5S/c20-11-14-15(12-7-3-1-4-8-12)16(21-25)19(24)17(18(14)23)22-28(26,27)13-9-5-2-6-10-13/h1-10,16-17,19,22,24H. The van der Waals surface area contributed by atoms with Crippen LogP contribution in [0.5, 0.6) is 0 Å². The Balaban J connectivity index is 2.07. The molecule has 0 heterocycles. The fourth-order valence-corrected chi connectivity index (χ4v) is 4.30. The Hall–Kier alpha value is -3.19. The number of benzene rings is 2. The first-order valence-corrected chi connectivity index (χ1v) is 9.71. The number of aliphatic hydroxyl groups is 1. The summed E-state index contributed by atoms with van der Waals surface area (Å²) in [6.45, 7) is 0. The third-order valence-electron chi connectivity index (χ3n) is 4.40. The monoisotopic (exact) mass is 397 g/mol. The number of nitriles is 1. The number of nitrogens with zero attached hydrogens (tertiary/aromatic N) is 2. The summed E-state index contributed by atoms with van der Waals surface area (Å²) in [5, 5.41) is 22.9. The summed E-state index contributed by atoms with van der Waals surface area (Å²) >= 11 is 0. The third-order valence-corrected chi connectivity index (χ3v) is 5.86. The topological polar surface area (TPSA) is 137 Å². The number of nitroso groups, excluding NO2 is 1. The number of hydrogen-bond donors (Lipinski definition) is 2. The molecule has 3 unspecified atom stereocenters. The highest BCUT2D eigenvalue weighted by molar-refractivity contribution is 7.89. The number of Topliss-reactive ketones (excluding diaryl/α,β-unsaturated/α-hetero) is 1. The molecular weight excluding hydrogens is 382 g/mol. The van der Waals surface area contributed by atoms with Gasteiger partial charge in [-0.15, -0.1) is 0 Å². The van der Waals surface area contributed by atoms with E-state index in [-0.39, 0.29) is 10.5 Å². The van der Waals surface area contributed by atoms with E-state index in [1.807, 2.05) is 0 Å². The number of carbonyl (C=O) groups is 1. The van der Waals surface area contributed by atoms with Gasteiger partial charge in [-0.1, -0.05) is 53.7 Å². The van der Waals surface area contributed by atoms with Gasteiger partial charge in [-0.05, 0) is 17.7 Å². The fourth-order valence-electron chi connectivity index (χ4n) is 3.07. The predicted molar refractivity (Wildman–Crippen MR) is 100 cm³/mol. The van der Waals surface area contributed by atoms with E-state index in [1.54, 1.807) is 42.5 Å². The zero-order valence-corrected chi connectivity index (χ0v) is 15.2. The van der Waals surface area contributed by atoms with E-state index in [0.29, 0.717) is 5.56 Å². The highest BCUT2D eigenvalue weighted by Crippen LogP contribution is 2.33. The molecule has 142 valence electrons. The summed E-state index contributed by atoms with van der Waals surface area (Å²) in [4.78, 5) is 24.1. The Bertz CT molecular complexity index is 1080. The van der Waals surface area contributed by atoms with E-state index in [1.165, 1.54) is 24.3 Å². The number of carbonyl (C=O) groups excluding carboxylic acids is 1. The van der Waals surface area contributed by atoms with Gasteiger partial charge >= 0.3 is 0 Å². The van der Waals surface area contributed by atoms with Crippen molar-refractivity contribution in [1.29, 1.82) is 5.26 Å². The smallest absolute Gasteiger partial charge is 0.241 e. The Morgan fingerprint density at radius 1 is 1.04 bits per heavy atom. The summed E-state index contributed by atoms with van der Waals surface area (Å²) < 4.78 is 27.2. The van der Waals surface area contributed by atoms with Gasteiger partial charge < -0.3 is 5.11 Å². The molecule has 3 rings (SSSR count). The largest absolute Gasteiger partial charge is 0.388 e. The van der Waals surface area contributed by atoms with Crippen molar-refractivity contribution in [3.63, 3.8) is 0 Å². The average Bonchev–Trinajstić information content (AvgIpc) is 2.72. The van der Waals surface area contributed by atoms with Gasteiger partial charge in [0.1, 0.15) is 29.8 Å². The first-order valence-electron chi connectivity index (χ1n) is 8.22. The number of ketones is 1. The van der Waals surface area contributed by atoms with E-state index >= 15 is 0 Å². The Kier molecular flexibility index (Phi) is 5.46. The predicted octanol–water partition coefficient (Wildman–Crippen LogP) is 1.39. The van der Waals surface area contributed by atoms with E-state index < -0.39 is 39.6 Å². The molecule has 0 bridgehead atoms. The van der Waals surface area contributed by atoms with Crippen LogP contribution in [-0.2, 0) is 14.8 Å². The van der Waals surface area contributed by atoms with Crippen molar-refractivity contribution in [2.75, 3.05) is 0 Å². The minimum Gasteiger partial charge on any atom is -0.388 e. The van der Waals surface area contributed by atoms with Crippen LogP contribution >= 0.6 is 0 Å². The van der Waals surface area contributed by atoms with E-state index in [2.05, 4.69) is 9.90 Å². The quantitative estimate of drug-likeness (QED) is 0.732. The molecule has 28 heavy (non-hydrogen) atoms. The maximum absolute atomic E-state index is 12.8. The molecule has 3 atom stereocenters. The fraction of sp³-hybridized carbons (Fsp3) is 0.158. The van der Waals surface area contributed by atoms with Crippen LogP contribution in [0.15, 0.2) is 76.3 Å². The van der Waals surface area contributed by atoms with Crippen molar-refractivity contribution >= 4 is 21.4 Å². The van der Waals surface area contributed by atoms with Crippen LogP contribution < -0.4 is 4.72 Å². The summed E-state index contributed by atoms with van der Waals surface area (Å²) in [7, 11) is -4.18. The molecule has 0 fully saturated rings. The molecule has 1 aliphatic carbocycles. The van der Waals surface area contributed by atoms with Gasteiger partial charge in [-0.2, -0.15) is 14.9 Å². The second-order valence-corrected chi connectivity index (χ2v) is 7.80. The Labute approximate surface area is 161 Å². The molecule has 2 aromatic carbocycles. The van der Waals surface area contributed by atoms with E-state index in [4.69, 9.17) is 0 Å². The zero-order chi connectivity index (χ0) is 20.3. The number of aliphatic hydroxyl groups excluding tert-OH is 1. The second kappa shape index (κ2) is 7.82. The van der Waals surface area contributed by atoms with E-state index in [9.17, 15) is 28.5 Å². The summed E-state index contributed by atoms with van der Waals surface area (Å²) in [6, 6.07) is 13.9. The molecule has 2 aromatic rings. The van der Waals surface area contributed by atoms with Crippen molar-refractivity contribution in [3.05, 3.63) is 76.7 Å². The van der Waals surface area contributed by atoms with Crippen LogP contribution in [0.1, 0.15) is 5.56 Å². The first kappa shape index (κ1) is 19.6. The molecule has 0 aliphatic heterocycles. The molecule has 2 N–H and O–H groups in total. The summed E-state index contributed by atoms with van der Waals surface area (Å²) in [6.07, 6.45) is -1.77. The van der Waals surface area contributed by atoms with Gasteiger partial charge in [-0.25, -0.2) is 8.42 Å². The number of hydrogen-bond acceptors (Lipinski definition) is 7. The molecule has 0 spiro atoms. The van der Waals surface area contributed by atoms with E-state index in [0.717, 1.165) is 0 Å². The molecule has 9 heteroatoms. The highest BCUT2D eigenvalue weighted by atomic mass is 32.2. The second-order valence-electron chi connectivity index (χ2n) is 6.08. The zero-order valence-electron chi connectivity index (χ0n) is 14.4. The van der Waals surface area contributed by atoms with Crippen LogP contribution in [0.25, 0.3) is 5.57 Å². The van der Waals surface area contributed by atoms with Gasteiger partial charge in [-0.3, -0.25) is 4.79 Å². The van der Waals surface area contributed by atoms with Gasteiger partial charge in [0.2, 0.25) is 10.0 Å². The third kappa shape index (κ3) is 3.48. The molecule has 8 nitrogen and oxygen atoms in total. The first-order chi connectivity index (χ1) is 13.4. The molecule has 0 radical (unpaired) electrons. The molecule has 0 saturated carbocycles. The SMILES string of the molecule is N#CC1=C(c2ccccc2)C(N=O)C(O)C(NS(=O)(=O)c2ccccc2)C1=O. The molecule has 0 aromatic heterocycles. The number of rotatable bonds is 5. The summed E-state index contributed by atoms with van der Waals surface area (Å²) in [5.74, 6) is -0.923. The van der Waals surface area contributed by atoms with Crippen molar-refractivity contribution in [2.24, 2.45) is 5.18 Å². The minimum atomic E-state index is -4.18. The van der Waals surface area contributed by atoms with Crippen molar-refractivity contribution in [3.8, 4) is 6.07 Å². The van der Waals surface area contributed by atoms with Gasteiger partial charge in [0, 0.05) is 5.57 Å². The summed E-state index contributed by atoms with van der Waals surface area (Å²) in [5.41, 5.74) is -0.0620. The van der Waals surface area contributed by atoms with Gasteiger partial charge in [0.15, 0.2) is 5.78 Å². The molecule has 0 amide bonds. The lowest BCUT2D eigenvalue weighted by Crippen LogP contribution is -2.56. The van der Waals surface area contributed by atoms with Crippen LogP contribution in [0.3, 0.4) is 0 Å². The minimum absolute atomic E-state index is 0.0224. The molecule has 1 aliphatic rings. The maximum Gasteiger partial charge on any atom is 0.241 e. The Morgan fingerprint density at radius 3 is 2.14 bits per heavy atom. The lowest BCUT2D eigenvalue weighted by molar-refractivity contribution is -0.119. The lowest BCUT2D eigenvalue weighted by atomic mass is 9.79. The lowest BCUT2D eigenvalue weighted by Gasteiger charge is -2.32. The van der Waals surface area contributed by atoms with Gasteiger partial charge in [0.25, 0.3) is 0 Å². The number of sulfonamides is 1. The van der Waals surface area contributed by atoms with Crippen LogP contribution in [-0.4, -0.2) is 37.5 Å². The van der Waals surface area contributed by atoms with Crippen LogP contribution in [0, 0.1) is 16.2 Å². The van der Waals surface area contributed by atoms with Crippen molar-refractivity contribution < 1.29 is 18.3 Å². The Morgan fingerprint density at radius 2 is 1.61 bits per heavy atom. The molecular formula is C19H15N3O5S. The normalized spacial score (nSPS) is 22.6. The van der Waals surface area contributed by atoms with Gasteiger partial charge in [0.05, 0.1) is 4.90 Å². The average molecular weight is 397 g/mol. The van der Waals surface area contributed by atoms with Crippen LogP contribution in [0.2, 0.25) is 0 Å². The molecule has 0 saturated heterocycles. The van der Waals surface area contributed by atoms with Crippen molar-refractivity contribution in [1.82, 2.24) is 4.72 Å². The maximum atomic E-state index is 12.8. The highest BCUT2D eigenvalue weighted by Gasteiger charge is 2.46. The van der Waals surface area contributed by atoms with Crippen LogP contribution in [0.4, 0.5) is 0 Å². The number of nitrogens with one attached hydrogen (secondary N) is 1.